The summed E-state index contributed by atoms with van der Waals surface area (Å²) in [5, 5.41) is 7.07. The molecule has 1 atom stereocenters. The van der Waals surface area contributed by atoms with Crippen LogP contribution in [0.3, 0.4) is 0 Å². The standard InChI is InChI=1S/C20H22ClN3O2/c21-18-5-3-15(4-6-18)19-13-24(7-8-26-19)20(25)23-10-14-1-2-16-11-22-12-17(16)9-14/h1-6,9,19,22H,7-8,10-13H2,(H,23,25)/t19-/m1/s1. The molecule has 2 aliphatic rings. The molecule has 2 amide bonds. The largest absolute Gasteiger partial charge is 0.370 e. The van der Waals surface area contributed by atoms with Crippen molar-refractivity contribution in [3.05, 3.63) is 69.7 Å². The number of benzene rings is 2. The van der Waals surface area contributed by atoms with Gasteiger partial charge in [0.2, 0.25) is 0 Å². The van der Waals surface area contributed by atoms with Crippen molar-refractivity contribution < 1.29 is 9.53 Å². The Morgan fingerprint density at radius 1 is 1.19 bits per heavy atom. The van der Waals surface area contributed by atoms with Crippen LogP contribution in [0.5, 0.6) is 0 Å². The van der Waals surface area contributed by atoms with Gasteiger partial charge >= 0.3 is 6.03 Å². The molecule has 0 aromatic heterocycles. The summed E-state index contributed by atoms with van der Waals surface area (Å²) in [7, 11) is 0. The molecule has 26 heavy (non-hydrogen) atoms. The first-order valence-electron chi connectivity index (χ1n) is 8.90. The van der Waals surface area contributed by atoms with Crippen molar-refractivity contribution in [2.75, 3.05) is 19.7 Å². The molecule has 2 heterocycles. The number of amides is 2. The molecule has 6 heteroatoms. The highest BCUT2D eigenvalue weighted by Crippen LogP contribution is 2.24. The Hall–Kier alpha value is -2.08. The van der Waals surface area contributed by atoms with Gasteiger partial charge in [0, 0.05) is 31.2 Å². The Labute approximate surface area is 158 Å². The minimum absolute atomic E-state index is 0.0501. The Morgan fingerprint density at radius 2 is 2.00 bits per heavy atom. The highest BCUT2D eigenvalue weighted by atomic mass is 35.5. The average molecular weight is 372 g/mol. The minimum Gasteiger partial charge on any atom is -0.370 e. The maximum absolute atomic E-state index is 12.6. The predicted molar refractivity (Wildman–Crippen MR) is 101 cm³/mol. The molecule has 1 fully saturated rings. The van der Waals surface area contributed by atoms with Gasteiger partial charge in [-0.2, -0.15) is 0 Å². The molecule has 2 aliphatic heterocycles. The fraction of sp³-hybridized carbons (Fsp3) is 0.350. The Balaban J connectivity index is 1.34. The van der Waals surface area contributed by atoms with E-state index in [2.05, 4.69) is 28.8 Å². The van der Waals surface area contributed by atoms with E-state index < -0.39 is 0 Å². The summed E-state index contributed by atoms with van der Waals surface area (Å²) < 4.78 is 5.83. The van der Waals surface area contributed by atoms with Crippen molar-refractivity contribution in [2.45, 2.75) is 25.7 Å². The van der Waals surface area contributed by atoms with Gasteiger partial charge in [-0.25, -0.2) is 4.79 Å². The van der Waals surface area contributed by atoms with Crippen LogP contribution in [0.1, 0.15) is 28.4 Å². The summed E-state index contributed by atoms with van der Waals surface area (Å²) in [6.07, 6.45) is -0.113. The van der Waals surface area contributed by atoms with Crippen LogP contribution in [0.25, 0.3) is 0 Å². The van der Waals surface area contributed by atoms with Gasteiger partial charge in [-0.1, -0.05) is 41.9 Å². The van der Waals surface area contributed by atoms with Crippen molar-refractivity contribution in [3.63, 3.8) is 0 Å². The second-order valence-corrected chi connectivity index (χ2v) is 7.16. The van der Waals surface area contributed by atoms with E-state index >= 15 is 0 Å². The number of carbonyl (C=O) groups excluding carboxylic acids is 1. The maximum atomic E-state index is 12.6. The van der Waals surface area contributed by atoms with Gasteiger partial charge in [0.05, 0.1) is 13.2 Å². The van der Waals surface area contributed by atoms with Crippen LogP contribution >= 0.6 is 11.6 Å². The van der Waals surface area contributed by atoms with Gasteiger partial charge in [0.15, 0.2) is 0 Å². The van der Waals surface area contributed by atoms with Crippen molar-refractivity contribution in [1.82, 2.24) is 15.5 Å². The van der Waals surface area contributed by atoms with Gasteiger partial charge in [0.1, 0.15) is 6.10 Å². The molecule has 2 aromatic rings. The highest BCUT2D eigenvalue weighted by molar-refractivity contribution is 6.30. The average Bonchev–Trinajstić information content (AvgIpc) is 3.14. The van der Waals surface area contributed by atoms with Crippen LogP contribution in [0, 0.1) is 0 Å². The molecule has 2 N–H and O–H groups in total. The number of nitrogens with one attached hydrogen (secondary N) is 2. The molecular weight excluding hydrogens is 350 g/mol. The van der Waals surface area contributed by atoms with Crippen LogP contribution in [0.2, 0.25) is 5.02 Å². The number of halogens is 1. The fourth-order valence-corrected chi connectivity index (χ4v) is 3.59. The predicted octanol–water partition coefficient (Wildman–Crippen LogP) is 3.23. The van der Waals surface area contributed by atoms with Crippen LogP contribution in [-0.4, -0.2) is 30.6 Å². The summed E-state index contributed by atoms with van der Waals surface area (Å²) >= 11 is 5.95. The van der Waals surface area contributed by atoms with E-state index in [4.69, 9.17) is 16.3 Å². The molecular formula is C20H22ClN3O2. The van der Waals surface area contributed by atoms with Crippen LogP contribution < -0.4 is 10.6 Å². The molecule has 0 aliphatic carbocycles. The van der Waals surface area contributed by atoms with Gasteiger partial charge in [-0.05, 0) is 34.4 Å². The lowest BCUT2D eigenvalue weighted by molar-refractivity contribution is -0.0154. The van der Waals surface area contributed by atoms with E-state index in [0.717, 1.165) is 24.2 Å². The Morgan fingerprint density at radius 3 is 2.85 bits per heavy atom. The molecule has 1 saturated heterocycles. The number of fused-ring (bicyclic) bond motifs is 1. The second-order valence-electron chi connectivity index (χ2n) is 6.72. The smallest absolute Gasteiger partial charge is 0.317 e. The molecule has 0 radical (unpaired) electrons. The number of hydrogen-bond donors (Lipinski definition) is 2. The quantitative estimate of drug-likeness (QED) is 0.871. The third-order valence-corrected chi connectivity index (χ3v) is 5.19. The summed E-state index contributed by atoms with van der Waals surface area (Å²) in [5.74, 6) is 0. The zero-order chi connectivity index (χ0) is 17.9. The molecule has 0 unspecified atom stereocenters. The zero-order valence-corrected chi connectivity index (χ0v) is 15.3. The first-order valence-corrected chi connectivity index (χ1v) is 9.28. The van der Waals surface area contributed by atoms with Gasteiger partial charge in [-0.15, -0.1) is 0 Å². The lowest BCUT2D eigenvalue weighted by Gasteiger charge is -2.33. The summed E-state index contributed by atoms with van der Waals surface area (Å²) in [6.45, 7) is 4.05. The number of hydrogen-bond acceptors (Lipinski definition) is 3. The first kappa shape index (κ1) is 17.3. The van der Waals surface area contributed by atoms with Crippen LogP contribution in [0.4, 0.5) is 4.79 Å². The number of rotatable bonds is 3. The van der Waals surface area contributed by atoms with E-state index in [0.29, 0.717) is 31.3 Å². The zero-order valence-electron chi connectivity index (χ0n) is 14.5. The van der Waals surface area contributed by atoms with Crippen LogP contribution in [0.15, 0.2) is 42.5 Å². The summed E-state index contributed by atoms with van der Waals surface area (Å²) in [6, 6.07) is 13.9. The Bertz CT molecular complexity index is 794. The van der Waals surface area contributed by atoms with Gasteiger partial charge in [-0.3, -0.25) is 0 Å². The fourth-order valence-electron chi connectivity index (χ4n) is 3.46. The Kier molecular flexibility index (Phi) is 5.11. The van der Waals surface area contributed by atoms with E-state index in [-0.39, 0.29) is 12.1 Å². The van der Waals surface area contributed by atoms with Crippen LogP contribution in [-0.2, 0) is 24.4 Å². The van der Waals surface area contributed by atoms with E-state index in [9.17, 15) is 4.79 Å². The molecule has 0 bridgehead atoms. The number of morpholine rings is 1. The summed E-state index contributed by atoms with van der Waals surface area (Å²) in [5.41, 5.74) is 4.84. The SMILES string of the molecule is O=C(NCc1ccc2c(c1)CNC2)N1CCO[C@@H](c2ccc(Cl)cc2)C1. The third-order valence-electron chi connectivity index (χ3n) is 4.94. The van der Waals surface area contributed by atoms with E-state index in [1.807, 2.05) is 29.2 Å². The molecule has 2 aromatic carbocycles. The third kappa shape index (κ3) is 3.85. The normalized spacial score (nSPS) is 19.3. The first-order chi connectivity index (χ1) is 12.7. The van der Waals surface area contributed by atoms with E-state index in [1.54, 1.807) is 0 Å². The minimum atomic E-state index is -0.113. The number of urea groups is 1. The monoisotopic (exact) mass is 371 g/mol. The van der Waals surface area contributed by atoms with Crippen molar-refractivity contribution in [3.8, 4) is 0 Å². The van der Waals surface area contributed by atoms with Crippen molar-refractivity contribution in [2.24, 2.45) is 0 Å². The summed E-state index contributed by atoms with van der Waals surface area (Å²) in [4.78, 5) is 14.4. The van der Waals surface area contributed by atoms with Gasteiger partial charge < -0.3 is 20.3 Å². The molecule has 136 valence electrons. The highest BCUT2D eigenvalue weighted by Gasteiger charge is 2.25. The topological polar surface area (TPSA) is 53.6 Å². The molecule has 4 rings (SSSR count). The number of ether oxygens (including phenoxy) is 1. The lowest BCUT2D eigenvalue weighted by atomic mass is 10.1. The molecule has 5 nitrogen and oxygen atoms in total. The number of nitrogens with zero attached hydrogens (tertiary/aromatic N) is 1. The molecule has 0 spiro atoms. The van der Waals surface area contributed by atoms with E-state index in [1.165, 1.54) is 11.1 Å². The lowest BCUT2D eigenvalue weighted by Crippen LogP contribution is -2.46. The number of carbonyl (C=O) groups is 1. The van der Waals surface area contributed by atoms with Gasteiger partial charge in [0.25, 0.3) is 0 Å². The van der Waals surface area contributed by atoms with Crippen molar-refractivity contribution in [1.29, 1.82) is 0 Å². The maximum Gasteiger partial charge on any atom is 0.317 e. The second kappa shape index (κ2) is 7.66. The van der Waals surface area contributed by atoms with Crippen molar-refractivity contribution >= 4 is 17.6 Å². The molecule has 0 saturated carbocycles.